The number of carbonyl (C=O) groups excluding carboxylic acids is 1. The molecule has 0 saturated heterocycles. The summed E-state index contributed by atoms with van der Waals surface area (Å²) in [7, 11) is 0. The lowest BCUT2D eigenvalue weighted by Gasteiger charge is -2.06. The summed E-state index contributed by atoms with van der Waals surface area (Å²) in [4.78, 5) is 13.2. The van der Waals surface area contributed by atoms with Gasteiger partial charge in [-0.1, -0.05) is 12.1 Å². The summed E-state index contributed by atoms with van der Waals surface area (Å²) in [6, 6.07) is 9.61. The molecule has 1 aromatic carbocycles. The lowest BCUT2D eigenvalue weighted by Crippen LogP contribution is -2.14. The SMILES string of the molecule is CCOc1ccc(CC(=O)Nc2sc(C)c(C)c2C#N)cc1. The Kier molecular flexibility index (Phi) is 5.18. The molecule has 4 nitrogen and oxygen atoms in total. The van der Waals surface area contributed by atoms with Crippen molar-refractivity contribution in [3.05, 3.63) is 45.8 Å². The Labute approximate surface area is 134 Å². The van der Waals surface area contributed by atoms with Crippen molar-refractivity contribution in [2.45, 2.75) is 27.2 Å². The average Bonchev–Trinajstić information content (AvgIpc) is 2.75. The second-order valence-electron chi connectivity index (χ2n) is 4.90. The van der Waals surface area contributed by atoms with Gasteiger partial charge < -0.3 is 10.1 Å². The zero-order valence-electron chi connectivity index (χ0n) is 12.9. The second kappa shape index (κ2) is 7.10. The molecule has 0 aliphatic carbocycles. The first-order chi connectivity index (χ1) is 10.5. The third-order valence-electron chi connectivity index (χ3n) is 3.35. The van der Waals surface area contributed by atoms with Crippen molar-refractivity contribution in [2.75, 3.05) is 11.9 Å². The number of nitrogens with one attached hydrogen (secondary N) is 1. The molecule has 1 aromatic heterocycles. The Balaban J connectivity index is 2.04. The van der Waals surface area contributed by atoms with Gasteiger partial charge in [0.2, 0.25) is 5.91 Å². The fraction of sp³-hybridized carbons (Fsp3) is 0.294. The first kappa shape index (κ1) is 16.1. The minimum atomic E-state index is -0.123. The smallest absolute Gasteiger partial charge is 0.229 e. The topological polar surface area (TPSA) is 62.1 Å². The minimum absolute atomic E-state index is 0.123. The summed E-state index contributed by atoms with van der Waals surface area (Å²) in [6.07, 6.45) is 0.271. The number of rotatable bonds is 5. The molecule has 0 spiro atoms. The zero-order valence-corrected chi connectivity index (χ0v) is 13.7. The highest BCUT2D eigenvalue weighted by atomic mass is 32.1. The highest BCUT2D eigenvalue weighted by Gasteiger charge is 2.14. The molecule has 114 valence electrons. The third kappa shape index (κ3) is 3.66. The van der Waals surface area contributed by atoms with E-state index in [1.54, 1.807) is 0 Å². The van der Waals surface area contributed by atoms with Crippen LogP contribution in [0, 0.1) is 25.2 Å². The normalized spacial score (nSPS) is 10.1. The number of nitriles is 1. The van der Waals surface area contributed by atoms with E-state index in [1.807, 2.05) is 45.0 Å². The molecule has 2 aromatic rings. The average molecular weight is 314 g/mol. The summed E-state index contributed by atoms with van der Waals surface area (Å²) < 4.78 is 5.37. The molecule has 0 aliphatic heterocycles. The molecule has 0 saturated carbocycles. The highest BCUT2D eigenvalue weighted by Crippen LogP contribution is 2.31. The molecular formula is C17H18N2O2S. The van der Waals surface area contributed by atoms with Crippen molar-refractivity contribution in [3.63, 3.8) is 0 Å². The molecule has 0 bridgehead atoms. The van der Waals surface area contributed by atoms with Crippen LogP contribution in [0.5, 0.6) is 5.75 Å². The summed E-state index contributed by atoms with van der Waals surface area (Å²) in [5.41, 5.74) is 2.40. The number of thiophene rings is 1. The van der Waals surface area contributed by atoms with Crippen LogP contribution < -0.4 is 10.1 Å². The maximum atomic E-state index is 12.1. The van der Waals surface area contributed by atoms with Gasteiger partial charge in [0.25, 0.3) is 0 Å². The van der Waals surface area contributed by atoms with Crippen LogP contribution in [0.15, 0.2) is 24.3 Å². The zero-order chi connectivity index (χ0) is 16.1. The fourth-order valence-corrected chi connectivity index (χ4v) is 3.10. The molecule has 5 heteroatoms. The Morgan fingerprint density at radius 2 is 2.00 bits per heavy atom. The van der Waals surface area contributed by atoms with Gasteiger partial charge in [-0.25, -0.2) is 0 Å². The molecule has 0 fully saturated rings. The van der Waals surface area contributed by atoms with Gasteiger partial charge >= 0.3 is 0 Å². The Bertz CT molecular complexity index is 711. The van der Waals surface area contributed by atoms with Gasteiger partial charge in [-0.05, 0) is 44.0 Å². The standard InChI is InChI=1S/C17H18N2O2S/c1-4-21-14-7-5-13(6-8-14)9-16(20)19-17-15(10-18)11(2)12(3)22-17/h5-8H,4,9H2,1-3H3,(H,19,20). The van der Waals surface area contributed by atoms with Crippen molar-refractivity contribution in [2.24, 2.45) is 0 Å². The molecule has 1 heterocycles. The number of benzene rings is 1. The molecule has 22 heavy (non-hydrogen) atoms. The van der Waals surface area contributed by atoms with Crippen LogP contribution in [-0.4, -0.2) is 12.5 Å². The predicted octanol–water partition coefficient (Wildman–Crippen LogP) is 3.82. The lowest BCUT2D eigenvalue weighted by atomic mass is 10.1. The van der Waals surface area contributed by atoms with Crippen LogP contribution in [0.4, 0.5) is 5.00 Å². The van der Waals surface area contributed by atoms with E-state index in [9.17, 15) is 10.1 Å². The van der Waals surface area contributed by atoms with Gasteiger partial charge in [-0.3, -0.25) is 4.79 Å². The van der Waals surface area contributed by atoms with E-state index < -0.39 is 0 Å². The number of anilines is 1. The van der Waals surface area contributed by atoms with Crippen LogP contribution in [0.3, 0.4) is 0 Å². The molecular weight excluding hydrogens is 296 g/mol. The van der Waals surface area contributed by atoms with Crippen LogP contribution in [0.1, 0.15) is 28.5 Å². The van der Waals surface area contributed by atoms with Gasteiger partial charge in [0, 0.05) is 4.88 Å². The minimum Gasteiger partial charge on any atom is -0.494 e. The van der Waals surface area contributed by atoms with Gasteiger partial charge in [-0.15, -0.1) is 11.3 Å². The van der Waals surface area contributed by atoms with E-state index in [4.69, 9.17) is 4.74 Å². The third-order valence-corrected chi connectivity index (χ3v) is 4.47. The maximum Gasteiger partial charge on any atom is 0.229 e. The number of hydrogen-bond donors (Lipinski definition) is 1. The number of amides is 1. The van der Waals surface area contributed by atoms with Gasteiger partial charge in [-0.2, -0.15) is 5.26 Å². The number of aryl methyl sites for hydroxylation is 1. The fourth-order valence-electron chi connectivity index (χ4n) is 2.08. The molecule has 0 unspecified atom stereocenters. The van der Waals surface area contributed by atoms with Crippen LogP contribution in [0.25, 0.3) is 0 Å². The van der Waals surface area contributed by atoms with Crippen molar-refractivity contribution < 1.29 is 9.53 Å². The van der Waals surface area contributed by atoms with Crippen molar-refractivity contribution >= 4 is 22.2 Å². The van der Waals surface area contributed by atoms with E-state index in [0.717, 1.165) is 21.8 Å². The van der Waals surface area contributed by atoms with Gasteiger partial charge in [0.05, 0.1) is 18.6 Å². The van der Waals surface area contributed by atoms with Crippen LogP contribution in [0.2, 0.25) is 0 Å². The van der Waals surface area contributed by atoms with E-state index in [0.29, 0.717) is 17.2 Å². The number of nitrogens with zero attached hydrogens (tertiary/aromatic N) is 1. The van der Waals surface area contributed by atoms with Crippen LogP contribution in [-0.2, 0) is 11.2 Å². The highest BCUT2D eigenvalue weighted by molar-refractivity contribution is 7.16. The molecule has 0 radical (unpaired) electrons. The van der Waals surface area contributed by atoms with E-state index in [1.165, 1.54) is 11.3 Å². The Morgan fingerprint density at radius 3 is 2.59 bits per heavy atom. The maximum absolute atomic E-state index is 12.1. The molecule has 0 aliphatic rings. The molecule has 2 rings (SSSR count). The largest absolute Gasteiger partial charge is 0.494 e. The second-order valence-corrected chi connectivity index (χ2v) is 6.13. The monoisotopic (exact) mass is 314 g/mol. The first-order valence-electron chi connectivity index (χ1n) is 7.06. The molecule has 0 atom stereocenters. The van der Waals surface area contributed by atoms with Crippen molar-refractivity contribution in [3.8, 4) is 11.8 Å². The lowest BCUT2D eigenvalue weighted by molar-refractivity contribution is -0.115. The number of ether oxygens (including phenoxy) is 1. The quantitative estimate of drug-likeness (QED) is 0.912. The van der Waals surface area contributed by atoms with Gasteiger partial charge in [0.1, 0.15) is 16.8 Å². The summed E-state index contributed by atoms with van der Waals surface area (Å²) in [5, 5.41) is 12.7. The summed E-state index contributed by atoms with van der Waals surface area (Å²) >= 11 is 1.44. The summed E-state index contributed by atoms with van der Waals surface area (Å²) in [6.45, 7) is 6.39. The van der Waals surface area contributed by atoms with Crippen LogP contribution >= 0.6 is 11.3 Å². The first-order valence-corrected chi connectivity index (χ1v) is 7.88. The number of hydrogen-bond acceptors (Lipinski definition) is 4. The Hall–Kier alpha value is -2.32. The molecule has 1 amide bonds. The van der Waals surface area contributed by atoms with E-state index in [2.05, 4.69) is 11.4 Å². The van der Waals surface area contributed by atoms with Crippen molar-refractivity contribution in [1.29, 1.82) is 5.26 Å². The van der Waals surface area contributed by atoms with E-state index >= 15 is 0 Å². The molecule has 1 N–H and O–H groups in total. The Morgan fingerprint density at radius 1 is 1.32 bits per heavy atom. The number of carbonyl (C=O) groups is 1. The summed E-state index contributed by atoms with van der Waals surface area (Å²) in [5.74, 6) is 0.671. The van der Waals surface area contributed by atoms with Gasteiger partial charge in [0.15, 0.2) is 0 Å². The predicted molar refractivity (Wildman–Crippen MR) is 88.5 cm³/mol. The van der Waals surface area contributed by atoms with Crippen molar-refractivity contribution in [1.82, 2.24) is 0 Å². The van der Waals surface area contributed by atoms with E-state index in [-0.39, 0.29) is 12.3 Å².